The number of aliphatic hydroxyl groups is 1. The van der Waals surface area contributed by atoms with Crippen molar-refractivity contribution in [2.24, 2.45) is 5.92 Å². The van der Waals surface area contributed by atoms with E-state index in [0.29, 0.717) is 5.92 Å². The molecule has 0 amide bonds. The van der Waals surface area contributed by atoms with Crippen LogP contribution in [-0.2, 0) is 6.42 Å². The van der Waals surface area contributed by atoms with Crippen LogP contribution in [0.15, 0.2) is 54.6 Å². The van der Waals surface area contributed by atoms with Gasteiger partial charge in [0.25, 0.3) is 0 Å². The van der Waals surface area contributed by atoms with Crippen molar-refractivity contribution in [1.29, 1.82) is 0 Å². The van der Waals surface area contributed by atoms with Crippen molar-refractivity contribution in [3.8, 4) is 0 Å². The first-order valence-corrected chi connectivity index (χ1v) is 7.20. The predicted octanol–water partition coefficient (Wildman–Crippen LogP) is 4.03. The van der Waals surface area contributed by atoms with Crippen molar-refractivity contribution < 1.29 is 5.11 Å². The largest absolute Gasteiger partial charge is 0.394 e. The van der Waals surface area contributed by atoms with Crippen LogP contribution in [-0.4, -0.2) is 11.7 Å². The van der Waals surface area contributed by atoms with Crippen LogP contribution in [0.1, 0.15) is 31.0 Å². The zero-order valence-electron chi connectivity index (χ0n) is 12.2. The SMILES string of the molecule is CC(C)Cc1ccc(C(CO)Nc2ccccc2)cc1. The van der Waals surface area contributed by atoms with Crippen molar-refractivity contribution in [1.82, 2.24) is 0 Å². The van der Waals surface area contributed by atoms with Gasteiger partial charge in [0.1, 0.15) is 0 Å². The summed E-state index contributed by atoms with van der Waals surface area (Å²) in [7, 11) is 0. The molecule has 2 aromatic rings. The third-order valence-electron chi connectivity index (χ3n) is 3.32. The van der Waals surface area contributed by atoms with E-state index in [1.807, 2.05) is 30.3 Å². The van der Waals surface area contributed by atoms with Gasteiger partial charge in [-0.2, -0.15) is 0 Å². The van der Waals surface area contributed by atoms with Crippen LogP contribution in [0.4, 0.5) is 5.69 Å². The summed E-state index contributed by atoms with van der Waals surface area (Å²) in [6, 6.07) is 18.4. The smallest absolute Gasteiger partial charge is 0.0745 e. The predicted molar refractivity (Wildman–Crippen MR) is 84.9 cm³/mol. The number of benzene rings is 2. The normalized spacial score (nSPS) is 12.4. The summed E-state index contributed by atoms with van der Waals surface area (Å²) in [5, 5.41) is 12.9. The fourth-order valence-corrected chi connectivity index (χ4v) is 2.33. The van der Waals surface area contributed by atoms with Crippen LogP contribution in [0.2, 0.25) is 0 Å². The minimum Gasteiger partial charge on any atom is -0.394 e. The molecule has 0 saturated carbocycles. The van der Waals surface area contributed by atoms with Crippen LogP contribution in [0.25, 0.3) is 0 Å². The topological polar surface area (TPSA) is 32.3 Å². The quantitative estimate of drug-likeness (QED) is 0.830. The summed E-state index contributed by atoms with van der Waals surface area (Å²) >= 11 is 0. The Balaban J connectivity index is 2.07. The van der Waals surface area contributed by atoms with Crippen LogP contribution in [0.5, 0.6) is 0 Å². The van der Waals surface area contributed by atoms with Gasteiger partial charge in [-0.25, -0.2) is 0 Å². The first-order valence-electron chi connectivity index (χ1n) is 7.20. The highest BCUT2D eigenvalue weighted by atomic mass is 16.3. The zero-order chi connectivity index (χ0) is 14.4. The molecule has 0 aromatic heterocycles. The average Bonchev–Trinajstić information content (AvgIpc) is 2.46. The first kappa shape index (κ1) is 14.6. The molecule has 0 saturated heterocycles. The summed E-state index contributed by atoms with van der Waals surface area (Å²) in [5.41, 5.74) is 3.49. The van der Waals surface area contributed by atoms with E-state index in [9.17, 15) is 5.11 Å². The Morgan fingerprint density at radius 1 is 0.950 bits per heavy atom. The van der Waals surface area contributed by atoms with Crippen LogP contribution in [0, 0.1) is 5.92 Å². The maximum atomic E-state index is 9.59. The fourth-order valence-electron chi connectivity index (χ4n) is 2.33. The Morgan fingerprint density at radius 2 is 1.60 bits per heavy atom. The van der Waals surface area contributed by atoms with Gasteiger partial charge in [-0.15, -0.1) is 0 Å². The standard InChI is InChI=1S/C18H23NO/c1-14(2)12-15-8-10-16(11-9-15)18(13-20)19-17-6-4-3-5-7-17/h3-11,14,18-20H,12-13H2,1-2H3. The minimum atomic E-state index is -0.0644. The number of aliphatic hydroxyl groups excluding tert-OH is 1. The lowest BCUT2D eigenvalue weighted by atomic mass is 9.99. The maximum Gasteiger partial charge on any atom is 0.0745 e. The lowest BCUT2D eigenvalue weighted by Gasteiger charge is -2.18. The van der Waals surface area contributed by atoms with Crippen molar-refractivity contribution in [2.75, 3.05) is 11.9 Å². The van der Waals surface area contributed by atoms with Crippen LogP contribution in [0.3, 0.4) is 0 Å². The van der Waals surface area contributed by atoms with E-state index in [4.69, 9.17) is 0 Å². The second-order valence-electron chi connectivity index (χ2n) is 5.59. The summed E-state index contributed by atoms with van der Waals surface area (Å²) in [6.45, 7) is 4.53. The van der Waals surface area contributed by atoms with E-state index in [1.54, 1.807) is 0 Å². The number of hydrogen-bond acceptors (Lipinski definition) is 2. The third kappa shape index (κ3) is 4.10. The number of para-hydroxylation sites is 1. The molecule has 1 unspecified atom stereocenters. The van der Waals surface area contributed by atoms with Crippen LogP contribution < -0.4 is 5.32 Å². The molecular weight excluding hydrogens is 246 g/mol. The molecule has 0 bridgehead atoms. The highest BCUT2D eigenvalue weighted by molar-refractivity contribution is 5.45. The summed E-state index contributed by atoms with van der Waals surface area (Å²) in [6.07, 6.45) is 1.09. The maximum absolute atomic E-state index is 9.59. The second-order valence-corrected chi connectivity index (χ2v) is 5.59. The van der Waals surface area contributed by atoms with E-state index in [2.05, 4.69) is 43.4 Å². The highest BCUT2D eigenvalue weighted by Gasteiger charge is 2.10. The summed E-state index contributed by atoms with van der Waals surface area (Å²) < 4.78 is 0. The van der Waals surface area contributed by atoms with Crippen molar-refractivity contribution in [2.45, 2.75) is 26.3 Å². The number of hydrogen-bond donors (Lipinski definition) is 2. The third-order valence-corrected chi connectivity index (χ3v) is 3.32. The Morgan fingerprint density at radius 3 is 2.15 bits per heavy atom. The zero-order valence-corrected chi connectivity index (χ0v) is 12.2. The molecule has 0 aliphatic heterocycles. The van der Waals surface area contributed by atoms with E-state index < -0.39 is 0 Å². The number of nitrogens with one attached hydrogen (secondary N) is 1. The molecule has 2 N–H and O–H groups in total. The fraction of sp³-hybridized carbons (Fsp3) is 0.333. The van der Waals surface area contributed by atoms with Crippen molar-refractivity contribution in [3.63, 3.8) is 0 Å². The molecule has 2 rings (SSSR count). The Labute approximate surface area is 121 Å². The molecule has 0 fully saturated rings. The van der Waals surface area contributed by atoms with E-state index >= 15 is 0 Å². The molecular formula is C18H23NO. The lowest BCUT2D eigenvalue weighted by molar-refractivity contribution is 0.276. The van der Waals surface area contributed by atoms with Gasteiger partial charge in [-0.3, -0.25) is 0 Å². The monoisotopic (exact) mass is 269 g/mol. The molecule has 2 aromatic carbocycles. The first-order chi connectivity index (χ1) is 9.69. The minimum absolute atomic E-state index is 0.0644. The molecule has 0 aliphatic rings. The molecule has 0 spiro atoms. The summed E-state index contributed by atoms with van der Waals surface area (Å²) in [5.74, 6) is 0.664. The molecule has 0 heterocycles. The molecule has 1 atom stereocenters. The van der Waals surface area contributed by atoms with Gasteiger partial charge in [-0.05, 0) is 35.6 Å². The van der Waals surface area contributed by atoms with Gasteiger partial charge in [0.15, 0.2) is 0 Å². The molecule has 0 radical (unpaired) electrons. The van der Waals surface area contributed by atoms with Gasteiger partial charge in [0.05, 0.1) is 12.6 Å². The number of anilines is 1. The van der Waals surface area contributed by atoms with Gasteiger partial charge in [0, 0.05) is 5.69 Å². The van der Waals surface area contributed by atoms with Gasteiger partial charge in [-0.1, -0.05) is 56.3 Å². The van der Waals surface area contributed by atoms with Crippen molar-refractivity contribution >= 4 is 5.69 Å². The second kappa shape index (κ2) is 7.11. The molecule has 2 heteroatoms. The van der Waals surface area contributed by atoms with Gasteiger partial charge < -0.3 is 10.4 Å². The summed E-state index contributed by atoms with van der Waals surface area (Å²) in [4.78, 5) is 0. The molecule has 2 nitrogen and oxygen atoms in total. The Kier molecular flexibility index (Phi) is 5.19. The Bertz CT molecular complexity index is 505. The average molecular weight is 269 g/mol. The van der Waals surface area contributed by atoms with Gasteiger partial charge >= 0.3 is 0 Å². The molecule has 106 valence electrons. The lowest BCUT2D eigenvalue weighted by Crippen LogP contribution is -2.14. The van der Waals surface area contributed by atoms with E-state index in [1.165, 1.54) is 5.56 Å². The van der Waals surface area contributed by atoms with E-state index in [-0.39, 0.29) is 12.6 Å². The molecule has 20 heavy (non-hydrogen) atoms. The van der Waals surface area contributed by atoms with E-state index in [0.717, 1.165) is 17.7 Å². The van der Waals surface area contributed by atoms with Crippen molar-refractivity contribution in [3.05, 3.63) is 65.7 Å². The molecule has 0 aliphatic carbocycles. The highest BCUT2D eigenvalue weighted by Crippen LogP contribution is 2.20. The van der Waals surface area contributed by atoms with Gasteiger partial charge in [0.2, 0.25) is 0 Å². The Hall–Kier alpha value is -1.80. The van der Waals surface area contributed by atoms with Crippen LogP contribution >= 0.6 is 0 Å². The number of rotatable bonds is 6.